The van der Waals surface area contributed by atoms with Gasteiger partial charge in [-0.05, 0) is 70.5 Å². The first-order valence-electron chi connectivity index (χ1n) is 8.88. The fraction of sp³-hybridized carbons (Fsp3) is 0.0909. The van der Waals surface area contributed by atoms with Crippen LogP contribution in [0.4, 0.5) is 15.8 Å². The number of rotatable bonds is 7. The largest absolute Gasteiger partial charge is 0.493 e. The van der Waals surface area contributed by atoms with Crippen molar-refractivity contribution in [3.8, 4) is 11.5 Å². The molecule has 0 aliphatic heterocycles. The highest BCUT2D eigenvalue weighted by atomic mass is 79.9. The Morgan fingerprint density at radius 3 is 2.40 bits per heavy atom. The van der Waals surface area contributed by atoms with Crippen molar-refractivity contribution in [3.63, 3.8) is 0 Å². The summed E-state index contributed by atoms with van der Waals surface area (Å²) in [5, 5.41) is 5.40. The van der Waals surface area contributed by atoms with Gasteiger partial charge in [0.15, 0.2) is 18.1 Å². The van der Waals surface area contributed by atoms with E-state index >= 15 is 0 Å². The quantitative estimate of drug-likeness (QED) is 0.514. The summed E-state index contributed by atoms with van der Waals surface area (Å²) in [5.74, 6) is -0.508. The van der Waals surface area contributed by atoms with Crippen LogP contribution >= 0.6 is 15.9 Å². The second kappa shape index (κ2) is 9.89. The molecule has 2 N–H and O–H groups in total. The van der Waals surface area contributed by atoms with Gasteiger partial charge in [-0.15, -0.1) is 0 Å². The van der Waals surface area contributed by atoms with Gasteiger partial charge in [-0.1, -0.05) is 12.1 Å². The number of methoxy groups -OCH3 is 1. The Bertz CT molecular complexity index is 1060. The molecule has 2 amide bonds. The number of hydrogen-bond acceptors (Lipinski definition) is 4. The van der Waals surface area contributed by atoms with Gasteiger partial charge >= 0.3 is 0 Å². The lowest BCUT2D eigenvalue weighted by Gasteiger charge is -2.13. The van der Waals surface area contributed by atoms with E-state index < -0.39 is 11.7 Å². The molecule has 0 aliphatic carbocycles. The third kappa shape index (κ3) is 5.57. The van der Waals surface area contributed by atoms with Crippen LogP contribution in [0.3, 0.4) is 0 Å². The number of carbonyl (C=O) groups excluding carboxylic acids is 2. The number of ether oxygens (including phenoxy) is 2. The molecule has 0 heterocycles. The third-order valence-corrected chi connectivity index (χ3v) is 4.73. The highest BCUT2D eigenvalue weighted by Crippen LogP contribution is 2.29. The van der Waals surface area contributed by atoms with Gasteiger partial charge in [-0.25, -0.2) is 4.39 Å². The number of halogens is 2. The van der Waals surface area contributed by atoms with E-state index in [-0.39, 0.29) is 12.5 Å². The fourth-order valence-corrected chi connectivity index (χ4v) is 2.94. The molecule has 0 fully saturated rings. The van der Waals surface area contributed by atoms with Gasteiger partial charge in [0.2, 0.25) is 0 Å². The van der Waals surface area contributed by atoms with E-state index in [9.17, 15) is 14.0 Å². The van der Waals surface area contributed by atoms with Crippen molar-refractivity contribution in [2.75, 3.05) is 24.4 Å². The molecular formula is C22H18BrFN2O4. The second-order valence-electron chi connectivity index (χ2n) is 6.14. The Kier molecular flexibility index (Phi) is 7.03. The number of nitrogens with one attached hydrogen (secondary N) is 2. The van der Waals surface area contributed by atoms with Crippen LogP contribution in [0.1, 0.15) is 10.4 Å². The van der Waals surface area contributed by atoms with Crippen LogP contribution < -0.4 is 20.1 Å². The molecule has 8 heteroatoms. The van der Waals surface area contributed by atoms with Crippen LogP contribution in [-0.2, 0) is 4.79 Å². The molecule has 0 radical (unpaired) electrons. The van der Waals surface area contributed by atoms with Crippen LogP contribution in [0.2, 0.25) is 0 Å². The molecule has 0 saturated carbocycles. The summed E-state index contributed by atoms with van der Waals surface area (Å²) in [4.78, 5) is 24.6. The standard InChI is InChI=1S/C22H18BrFN2O4/c1-29-20-12-14(22(28)26-18-5-3-2-4-17(18)23)6-11-19(20)30-13-21(27)25-16-9-7-15(24)8-10-16/h2-12H,13H2,1H3,(H,25,27)(H,26,28). The van der Waals surface area contributed by atoms with Crippen molar-refractivity contribution in [2.45, 2.75) is 0 Å². The summed E-state index contributed by atoms with van der Waals surface area (Å²) in [5.41, 5.74) is 1.46. The van der Waals surface area contributed by atoms with Gasteiger partial charge in [0.25, 0.3) is 11.8 Å². The molecule has 0 spiro atoms. The molecule has 0 unspecified atom stereocenters. The van der Waals surface area contributed by atoms with Crippen molar-refractivity contribution >= 4 is 39.1 Å². The van der Waals surface area contributed by atoms with Crippen molar-refractivity contribution < 1.29 is 23.5 Å². The summed E-state index contributed by atoms with van der Waals surface area (Å²) in [7, 11) is 1.44. The summed E-state index contributed by atoms with van der Waals surface area (Å²) >= 11 is 3.38. The number of benzene rings is 3. The molecule has 0 aromatic heterocycles. The molecule has 30 heavy (non-hydrogen) atoms. The zero-order valence-electron chi connectivity index (χ0n) is 15.9. The lowest BCUT2D eigenvalue weighted by atomic mass is 10.2. The predicted molar refractivity (Wildman–Crippen MR) is 116 cm³/mol. The number of carbonyl (C=O) groups is 2. The first-order chi connectivity index (χ1) is 14.5. The van der Waals surface area contributed by atoms with Crippen LogP contribution in [0.5, 0.6) is 11.5 Å². The molecule has 3 aromatic carbocycles. The molecule has 3 rings (SSSR count). The maximum absolute atomic E-state index is 12.9. The number of anilines is 2. The molecule has 0 atom stereocenters. The summed E-state index contributed by atoms with van der Waals surface area (Å²) in [6, 6.07) is 17.3. The van der Waals surface area contributed by atoms with Crippen LogP contribution in [-0.4, -0.2) is 25.5 Å². The smallest absolute Gasteiger partial charge is 0.262 e. The van der Waals surface area contributed by atoms with E-state index in [2.05, 4.69) is 26.6 Å². The van der Waals surface area contributed by atoms with Crippen molar-refractivity contribution in [1.29, 1.82) is 0 Å². The molecule has 154 valence electrons. The molecule has 6 nitrogen and oxygen atoms in total. The average Bonchev–Trinajstić information content (AvgIpc) is 2.75. The Morgan fingerprint density at radius 2 is 1.70 bits per heavy atom. The van der Waals surface area contributed by atoms with Crippen LogP contribution in [0, 0.1) is 5.82 Å². The molecule has 0 aliphatic rings. The minimum Gasteiger partial charge on any atom is -0.493 e. The summed E-state index contributed by atoms with van der Waals surface area (Å²) in [6.07, 6.45) is 0. The fourth-order valence-electron chi connectivity index (χ4n) is 2.56. The lowest BCUT2D eigenvalue weighted by Crippen LogP contribution is -2.20. The monoisotopic (exact) mass is 472 g/mol. The van der Waals surface area contributed by atoms with Gasteiger partial charge in [-0.3, -0.25) is 9.59 Å². The lowest BCUT2D eigenvalue weighted by molar-refractivity contribution is -0.118. The maximum atomic E-state index is 12.9. The topological polar surface area (TPSA) is 76.7 Å². The van der Waals surface area contributed by atoms with Crippen molar-refractivity contribution in [3.05, 3.63) is 82.6 Å². The van der Waals surface area contributed by atoms with Crippen molar-refractivity contribution in [1.82, 2.24) is 0 Å². The minimum atomic E-state index is -0.417. The van der Waals surface area contributed by atoms with Gasteiger partial charge in [0.05, 0.1) is 12.8 Å². The first-order valence-corrected chi connectivity index (χ1v) is 9.67. The SMILES string of the molecule is COc1cc(C(=O)Nc2ccccc2Br)ccc1OCC(=O)Nc1ccc(F)cc1. The Labute approximate surface area is 181 Å². The normalized spacial score (nSPS) is 10.2. The highest BCUT2D eigenvalue weighted by Gasteiger charge is 2.14. The van der Waals surface area contributed by atoms with Gasteiger partial charge in [0.1, 0.15) is 5.82 Å². The first kappa shape index (κ1) is 21.3. The van der Waals surface area contributed by atoms with E-state index in [1.54, 1.807) is 18.2 Å². The Hall–Kier alpha value is -3.39. The van der Waals surface area contributed by atoms with Gasteiger partial charge in [-0.2, -0.15) is 0 Å². The third-order valence-electron chi connectivity index (χ3n) is 4.03. The molecule has 0 saturated heterocycles. The second-order valence-corrected chi connectivity index (χ2v) is 7.00. The van der Waals surface area contributed by atoms with E-state index in [4.69, 9.17) is 9.47 Å². The van der Waals surface area contributed by atoms with Gasteiger partial charge in [0, 0.05) is 15.7 Å². The van der Waals surface area contributed by atoms with E-state index in [1.807, 2.05) is 18.2 Å². The number of amides is 2. The number of hydrogen-bond donors (Lipinski definition) is 2. The zero-order chi connectivity index (χ0) is 21.5. The molecule has 0 bridgehead atoms. The number of para-hydroxylation sites is 1. The maximum Gasteiger partial charge on any atom is 0.262 e. The zero-order valence-corrected chi connectivity index (χ0v) is 17.5. The van der Waals surface area contributed by atoms with E-state index in [0.717, 1.165) is 4.47 Å². The van der Waals surface area contributed by atoms with E-state index in [0.29, 0.717) is 28.4 Å². The van der Waals surface area contributed by atoms with E-state index in [1.165, 1.54) is 37.4 Å². The Morgan fingerprint density at radius 1 is 0.967 bits per heavy atom. The summed E-state index contributed by atoms with van der Waals surface area (Å²) < 4.78 is 24.5. The predicted octanol–water partition coefficient (Wildman–Crippen LogP) is 4.87. The van der Waals surface area contributed by atoms with Crippen LogP contribution in [0.25, 0.3) is 0 Å². The van der Waals surface area contributed by atoms with Gasteiger partial charge < -0.3 is 20.1 Å². The average molecular weight is 473 g/mol. The minimum absolute atomic E-state index is 0.282. The molecule has 3 aromatic rings. The van der Waals surface area contributed by atoms with Crippen molar-refractivity contribution in [2.24, 2.45) is 0 Å². The highest BCUT2D eigenvalue weighted by molar-refractivity contribution is 9.10. The summed E-state index contributed by atoms with van der Waals surface area (Å²) in [6.45, 7) is -0.282. The molecular weight excluding hydrogens is 455 g/mol. The van der Waals surface area contributed by atoms with Crippen LogP contribution in [0.15, 0.2) is 71.2 Å². The Balaban J connectivity index is 1.63.